The summed E-state index contributed by atoms with van der Waals surface area (Å²) in [6.07, 6.45) is 0. The van der Waals surface area contributed by atoms with Crippen LogP contribution in [0.4, 0.5) is 4.39 Å². The van der Waals surface area contributed by atoms with E-state index in [9.17, 15) is 9.50 Å². The van der Waals surface area contributed by atoms with Crippen LogP contribution in [0.5, 0.6) is 5.75 Å². The van der Waals surface area contributed by atoms with Crippen molar-refractivity contribution in [1.82, 2.24) is 0 Å². The molecule has 2 rings (SSSR count). The van der Waals surface area contributed by atoms with E-state index in [1.807, 2.05) is 0 Å². The number of benzene rings is 2. The Balaban J connectivity index is 2.49. The molecule has 2 nitrogen and oxygen atoms in total. The molecule has 0 spiro atoms. The molecule has 0 aliphatic heterocycles. The van der Waals surface area contributed by atoms with Crippen molar-refractivity contribution < 1.29 is 14.6 Å². The summed E-state index contributed by atoms with van der Waals surface area (Å²) in [4.78, 5) is 0. The van der Waals surface area contributed by atoms with Gasteiger partial charge in [-0.1, -0.05) is 18.2 Å². The third kappa shape index (κ3) is 2.20. The van der Waals surface area contributed by atoms with Crippen LogP contribution in [0.1, 0.15) is 5.56 Å². The molecular weight excluding hydrogens is 207 g/mol. The predicted molar refractivity (Wildman–Crippen MR) is 59.4 cm³/mol. The maximum atomic E-state index is 13.1. The molecule has 0 amide bonds. The third-order valence-corrected chi connectivity index (χ3v) is 2.33. The van der Waals surface area contributed by atoms with Gasteiger partial charge < -0.3 is 10.2 Å². The van der Waals surface area contributed by atoms with E-state index in [0.29, 0.717) is 5.56 Å². The number of aromatic hydroxyl groups is 1. The number of phenols is 1. The van der Waals surface area contributed by atoms with Gasteiger partial charge in [-0.15, -0.1) is 0 Å². The zero-order valence-electron chi connectivity index (χ0n) is 8.52. The van der Waals surface area contributed by atoms with E-state index in [1.54, 1.807) is 24.3 Å². The number of hydrogen-bond acceptors (Lipinski definition) is 2. The van der Waals surface area contributed by atoms with Crippen molar-refractivity contribution >= 4 is 0 Å². The molecular formula is C13H11FO2. The van der Waals surface area contributed by atoms with Crippen LogP contribution in [-0.4, -0.2) is 10.2 Å². The maximum Gasteiger partial charge on any atom is 0.127 e. The molecule has 0 aliphatic carbocycles. The van der Waals surface area contributed by atoms with E-state index in [0.717, 1.165) is 17.2 Å². The Bertz CT molecular complexity index is 489. The van der Waals surface area contributed by atoms with Gasteiger partial charge in [0.15, 0.2) is 0 Å². The van der Waals surface area contributed by atoms with Crippen LogP contribution in [0.25, 0.3) is 11.1 Å². The highest BCUT2D eigenvalue weighted by molar-refractivity contribution is 5.65. The van der Waals surface area contributed by atoms with Crippen LogP contribution in [-0.2, 0) is 6.61 Å². The van der Waals surface area contributed by atoms with Crippen molar-refractivity contribution in [3.8, 4) is 16.9 Å². The molecule has 0 radical (unpaired) electrons. The molecule has 3 heteroatoms. The minimum atomic E-state index is -0.482. The number of rotatable bonds is 2. The van der Waals surface area contributed by atoms with E-state index in [-0.39, 0.29) is 12.4 Å². The topological polar surface area (TPSA) is 40.5 Å². The second-order valence-corrected chi connectivity index (χ2v) is 3.56. The first-order chi connectivity index (χ1) is 7.69. The highest BCUT2D eigenvalue weighted by atomic mass is 19.1. The first-order valence-electron chi connectivity index (χ1n) is 4.89. The van der Waals surface area contributed by atoms with Gasteiger partial charge in [0.2, 0.25) is 0 Å². The minimum Gasteiger partial charge on any atom is -0.508 e. The Labute approximate surface area is 92.6 Å². The normalized spacial score (nSPS) is 10.4. The van der Waals surface area contributed by atoms with Gasteiger partial charge in [-0.2, -0.15) is 0 Å². The number of phenolic OH excluding ortho intramolecular Hbond substituents is 1. The highest BCUT2D eigenvalue weighted by Crippen LogP contribution is 2.25. The molecule has 0 atom stereocenters. The summed E-state index contributed by atoms with van der Waals surface area (Å²) >= 11 is 0. The molecule has 0 saturated carbocycles. The lowest BCUT2D eigenvalue weighted by Crippen LogP contribution is -1.85. The fraction of sp³-hybridized carbons (Fsp3) is 0.0769. The van der Waals surface area contributed by atoms with Crippen molar-refractivity contribution in [3.05, 3.63) is 53.8 Å². The second kappa shape index (κ2) is 4.33. The second-order valence-electron chi connectivity index (χ2n) is 3.56. The molecule has 2 N–H and O–H groups in total. The van der Waals surface area contributed by atoms with E-state index in [4.69, 9.17) is 5.11 Å². The van der Waals surface area contributed by atoms with Crippen LogP contribution in [0.3, 0.4) is 0 Å². The summed E-state index contributed by atoms with van der Waals surface area (Å²) < 4.78 is 13.1. The van der Waals surface area contributed by atoms with Crippen molar-refractivity contribution in [3.63, 3.8) is 0 Å². The SMILES string of the molecule is OCc1cccc(-c2cc(O)cc(F)c2)c1. The molecule has 0 aliphatic rings. The number of halogens is 1. The molecule has 0 bridgehead atoms. The first-order valence-corrected chi connectivity index (χ1v) is 4.89. The van der Waals surface area contributed by atoms with Crippen molar-refractivity contribution in [2.24, 2.45) is 0 Å². The summed E-state index contributed by atoms with van der Waals surface area (Å²) in [5, 5.41) is 18.3. The fourth-order valence-electron chi connectivity index (χ4n) is 1.59. The molecule has 0 fully saturated rings. The lowest BCUT2D eigenvalue weighted by atomic mass is 10.0. The lowest BCUT2D eigenvalue weighted by Gasteiger charge is -2.04. The standard InChI is InChI=1S/C13H11FO2/c14-12-5-11(6-13(16)7-12)10-3-1-2-9(4-10)8-15/h1-7,15-16H,8H2. The zero-order valence-corrected chi connectivity index (χ0v) is 8.52. The average molecular weight is 218 g/mol. The molecule has 2 aromatic rings. The van der Waals surface area contributed by atoms with Gasteiger partial charge >= 0.3 is 0 Å². The fourth-order valence-corrected chi connectivity index (χ4v) is 1.59. The van der Waals surface area contributed by atoms with Crippen LogP contribution in [0, 0.1) is 5.82 Å². The molecule has 82 valence electrons. The molecule has 2 aromatic carbocycles. The largest absolute Gasteiger partial charge is 0.508 e. The smallest absolute Gasteiger partial charge is 0.127 e. The van der Waals surface area contributed by atoms with Gasteiger partial charge in [-0.3, -0.25) is 0 Å². The minimum absolute atomic E-state index is 0.0604. The molecule has 0 aromatic heterocycles. The van der Waals surface area contributed by atoms with E-state index < -0.39 is 5.82 Å². The number of aliphatic hydroxyl groups excluding tert-OH is 1. The Morgan fingerprint density at radius 3 is 2.50 bits per heavy atom. The van der Waals surface area contributed by atoms with Gasteiger partial charge in [-0.25, -0.2) is 4.39 Å². The van der Waals surface area contributed by atoms with Crippen molar-refractivity contribution in [1.29, 1.82) is 0 Å². The van der Waals surface area contributed by atoms with E-state index in [2.05, 4.69) is 0 Å². The quantitative estimate of drug-likeness (QED) is 0.813. The Hall–Kier alpha value is -1.87. The summed E-state index contributed by atoms with van der Waals surface area (Å²) in [5.41, 5.74) is 2.11. The molecule has 16 heavy (non-hydrogen) atoms. The monoisotopic (exact) mass is 218 g/mol. The predicted octanol–water partition coefficient (Wildman–Crippen LogP) is 2.69. The summed E-state index contributed by atoms with van der Waals surface area (Å²) in [6.45, 7) is -0.0604. The van der Waals surface area contributed by atoms with Gasteiger partial charge in [0, 0.05) is 6.07 Å². The Kier molecular flexibility index (Phi) is 2.88. The lowest BCUT2D eigenvalue weighted by molar-refractivity contribution is 0.282. The first kappa shape index (κ1) is 10.6. The molecule has 0 unspecified atom stereocenters. The average Bonchev–Trinajstić information content (AvgIpc) is 2.28. The Morgan fingerprint density at radius 2 is 1.81 bits per heavy atom. The van der Waals surface area contributed by atoms with Gasteiger partial charge in [-0.05, 0) is 34.9 Å². The maximum absolute atomic E-state index is 13.1. The molecule has 0 heterocycles. The zero-order chi connectivity index (χ0) is 11.5. The highest BCUT2D eigenvalue weighted by Gasteiger charge is 2.03. The summed E-state index contributed by atoms with van der Waals surface area (Å²) in [5.74, 6) is -0.589. The van der Waals surface area contributed by atoms with Crippen molar-refractivity contribution in [2.45, 2.75) is 6.61 Å². The van der Waals surface area contributed by atoms with E-state index in [1.165, 1.54) is 12.1 Å². The van der Waals surface area contributed by atoms with Crippen LogP contribution in [0.2, 0.25) is 0 Å². The summed E-state index contributed by atoms with van der Waals surface area (Å²) in [6, 6.07) is 11.0. The van der Waals surface area contributed by atoms with Gasteiger partial charge in [0.05, 0.1) is 6.61 Å². The van der Waals surface area contributed by atoms with Gasteiger partial charge in [0.1, 0.15) is 11.6 Å². The van der Waals surface area contributed by atoms with Crippen molar-refractivity contribution in [2.75, 3.05) is 0 Å². The Morgan fingerprint density at radius 1 is 1.00 bits per heavy atom. The van der Waals surface area contributed by atoms with E-state index >= 15 is 0 Å². The third-order valence-electron chi connectivity index (χ3n) is 2.33. The van der Waals surface area contributed by atoms with Crippen LogP contribution in [0.15, 0.2) is 42.5 Å². The number of hydrogen-bond donors (Lipinski definition) is 2. The molecule has 0 saturated heterocycles. The van der Waals surface area contributed by atoms with Gasteiger partial charge in [0.25, 0.3) is 0 Å². The van der Waals surface area contributed by atoms with Crippen LogP contribution >= 0.6 is 0 Å². The summed E-state index contributed by atoms with van der Waals surface area (Å²) in [7, 11) is 0. The van der Waals surface area contributed by atoms with Crippen LogP contribution < -0.4 is 0 Å². The number of aliphatic hydroxyl groups is 1.